The second kappa shape index (κ2) is 11.6. The van der Waals surface area contributed by atoms with Crippen LogP contribution >= 0.6 is 36.2 Å². The first-order chi connectivity index (χ1) is 13.8. The van der Waals surface area contributed by atoms with Crippen LogP contribution in [-0.4, -0.2) is 41.0 Å². The van der Waals surface area contributed by atoms with E-state index in [0.717, 1.165) is 26.9 Å². The summed E-state index contributed by atoms with van der Waals surface area (Å²) < 4.78 is 11.7. The molecule has 29 heavy (non-hydrogen) atoms. The van der Waals surface area contributed by atoms with E-state index in [4.69, 9.17) is 9.54 Å². The van der Waals surface area contributed by atoms with E-state index >= 15 is 0 Å². The van der Waals surface area contributed by atoms with Gasteiger partial charge >= 0.3 is 0 Å². The normalized spacial score (nSPS) is 12.9. The Kier molecular flexibility index (Phi) is 9.51. The van der Waals surface area contributed by atoms with Gasteiger partial charge in [-0.15, -0.1) is 24.0 Å². The Labute approximate surface area is 186 Å². The van der Waals surface area contributed by atoms with Crippen molar-refractivity contribution >= 4 is 52.7 Å². The quantitative estimate of drug-likeness (QED) is 0.240. The largest absolute Gasteiger partial charge is 0.336 e. The molecule has 1 amide bonds. The van der Waals surface area contributed by atoms with Gasteiger partial charge in [-0.05, 0) is 37.1 Å². The molecule has 0 saturated carbocycles. The van der Waals surface area contributed by atoms with Crippen LogP contribution in [0.25, 0.3) is 4.91 Å². The second-order valence-electron chi connectivity index (χ2n) is 7.02. The molecule has 0 aliphatic heterocycles. The maximum Gasteiger partial charge on any atom is 0.236 e. The van der Waals surface area contributed by atoms with E-state index in [1.165, 1.54) is 0 Å². The van der Waals surface area contributed by atoms with Crippen LogP contribution in [-0.2, 0) is 11.2 Å². The summed E-state index contributed by atoms with van der Waals surface area (Å²) in [5.41, 5.74) is 2.74. The van der Waals surface area contributed by atoms with Gasteiger partial charge in [0.15, 0.2) is 0 Å². The first-order valence-electron chi connectivity index (χ1n) is 9.27. The predicted octanol–water partition coefficient (Wildman–Crippen LogP) is 4.56. The molecular formula is C20H28N4O2S3. The number of thiol groups is 1. The van der Waals surface area contributed by atoms with Crippen LogP contribution in [0.15, 0.2) is 35.7 Å². The van der Waals surface area contributed by atoms with Gasteiger partial charge in [-0.2, -0.15) is 0 Å². The average molecular weight is 453 g/mol. The van der Waals surface area contributed by atoms with E-state index in [-0.39, 0.29) is 18.5 Å². The molecule has 2 aromatic rings. The molecule has 0 fully saturated rings. The number of allylic oxidation sites excluding steroid dienone is 1. The monoisotopic (exact) mass is 452 g/mol. The van der Waals surface area contributed by atoms with Gasteiger partial charge in [-0.25, -0.2) is 4.98 Å². The number of carbonyl (C=O) groups is 1. The van der Waals surface area contributed by atoms with Gasteiger partial charge in [-0.1, -0.05) is 32.1 Å². The number of nitrogens with zero attached hydrogens (tertiary/aromatic N) is 2. The maximum absolute atomic E-state index is 12.5. The summed E-state index contributed by atoms with van der Waals surface area (Å²) in [6.45, 7) is 4.47. The first-order valence-corrected chi connectivity index (χ1v) is 11.4. The number of hydrogen-bond donors (Lipinski definition) is 4. The smallest absolute Gasteiger partial charge is 0.236 e. The minimum Gasteiger partial charge on any atom is -0.336 e. The third-order valence-electron chi connectivity index (χ3n) is 4.31. The molecule has 0 saturated heterocycles. The van der Waals surface area contributed by atoms with Gasteiger partial charge in [0.05, 0.1) is 18.3 Å². The highest BCUT2D eigenvalue weighted by atomic mass is 32.2. The number of rotatable bonds is 10. The lowest BCUT2D eigenvalue weighted by molar-refractivity contribution is -0.131. The first kappa shape index (κ1) is 23.8. The Hall–Kier alpha value is -1.52. The summed E-state index contributed by atoms with van der Waals surface area (Å²) in [6, 6.07) is 7.58. The number of aromatic nitrogens is 1. The predicted molar refractivity (Wildman–Crippen MR) is 127 cm³/mol. The minimum atomic E-state index is -0.188. The van der Waals surface area contributed by atoms with E-state index in [1.54, 1.807) is 23.3 Å². The molecule has 2 rings (SSSR count). The van der Waals surface area contributed by atoms with Crippen LogP contribution in [0.1, 0.15) is 36.2 Å². The van der Waals surface area contributed by atoms with Gasteiger partial charge < -0.3 is 19.5 Å². The summed E-state index contributed by atoms with van der Waals surface area (Å²) in [5, 5.41) is 5.78. The number of anilines is 1. The molecule has 0 aliphatic carbocycles. The molecule has 0 aliphatic rings. The van der Waals surface area contributed by atoms with Crippen LogP contribution in [0.5, 0.6) is 0 Å². The van der Waals surface area contributed by atoms with Gasteiger partial charge in [0, 0.05) is 23.0 Å². The van der Waals surface area contributed by atoms with Gasteiger partial charge in [0.2, 0.25) is 5.91 Å². The maximum atomic E-state index is 12.5. The summed E-state index contributed by atoms with van der Waals surface area (Å²) in [6.07, 6.45) is 2.71. The molecule has 1 aromatic carbocycles. The second-order valence-corrected chi connectivity index (χ2v) is 8.75. The Bertz CT molecular complexity index is 821. The zero-order valence-electron chi connectivity index (χ0n) is 17.0. The fourth-order valence-electron chi connectivity index (χ4n) is 2.82. The molecule has 0 radical (unpaired) electrons. The number of benzene rings is 1. The number of carbonyl (C=O) groups excluding carboxylic acids is 1. The Balaban J connectivity index is 2.30. The van der Waals surface area contributed by atoms with Crippen LogP contribution in [0.4, 0.5) is 5.69 Å². The molecule has 9 heteroatoms. The summed E-state index contributed by atoms with van der Waals surface area (Å²) >= 11 is 6.69. The van der Waals surface area contributed by atoms with E-state index in [1.807, 2.05) is 36.7 Å². The molecule has 1 heterocycles. The van der Waals surface area contributed by atoms with Crippen molar-refractivity contribution in [1.29, 1.82) is 0 Å². The van der Waals surface area contributed by atoms with Crippen LogP contribution < -0.4 is 10.0 Å². The van der Waals surface area contributed by atoms with Crippen molar-refractivity contribution in [2.75, 3.05) is 25.4 Å². The van der Waals surface area contributed by atoms with Gasteiger partial charge in [0.25, 0.3) is 0 Å². The highest BCUT2D eigenvalue weighted by Gasteiger charge is 2.24. The third-order valence-corrected chi connectivity index (χ3v) is 6.04. The molecular weight excluding hydrogens is 424 g/mol. The summed E-state index contributed by atoms with van der Waals surface area (Å²) in [7, 11) is 3.57. The Morgan fingerprint density at radius 1 is 1.38 bits per heavy atom. The Morgan fingerprint density at radius 2 is 2.07 bits per heavy atom. The van der Waals surface area contributed by atoms with Crippen molar-refractivity contribution in [1.82, 2.24) is 15.2 Å². The van der Waals surface area contributed by atoms with E-state index in [9.17, 15) is 4.79 Å². The minimum absolute atomic E-state index is 0.00540. The number of thiazole rings is 1. The van der Waals surface area contributed by atoms with E-state index in [2.05, 4.69) is 42.6 Å². The molecule has 1 atom stereocenters. The molecule has 1 unspecified atom stereocenters. The van der Waals surface area contributed by atoms with Crippen molar-refractivity contribution in [3.63, 3.8) is 0 Å². The van der Waals surface area contributed by atoms with Crippen molar-refractivity contribution in [2.45, 2.75) is 26.3 Å². The zero-order chi connectivity index (χ0) is 21.4. The highest BCUT2D eigenvalue weighted by Crippen LogP contribution is 2.30. The lowest BCUT2D eigenvalue weighted by atomic mass is 10.0. The third kappa shape index (κ3) is 7.04. The van der Waals surface area contributed by atoms with E-state index in [0.29, 0.717) is 24.6 Å². The SMILES string of the molecule is CNCC(=O)N(C)C(Cc1ccc(NSO)cc1)c1csc(/C(S)=C/C(C)C)n1. The standard InChI is InChI=1S/C20H28N4O2S3/c1-13(2)9-18(27)20-22-16(12-28-20)17(24(4)19(25)11-21-3)10-14-5-7-15(8-6-14)23-29-26/h5-9,12-13,17,21,23,26-27H,10-11H2,1-4H3/b18-9-. The molecule has 0 bridgehead atoms. The van der Waals surface area contributed by atoms with Crippen molar-refractivity contribution in [2.24, 2.45) is 5.92 Å². The molecule has 6 nitrogen and oxygen atoms in total. The van der Waals surface area contributed by atoms with E-state index < -0.39 is 0 Å². The fourth-order valence-corrected chi connectivity index (χ4v) is 4.36. The Morgan fingerprint density at radius 3 is 2.66 bits per heavy atom. The lowest BCUT2D eigenvalue weighted by Gasteiger charge is -2.27. The van der Waals surface area contributed by atoms with Crippen molar-refractivity contribution in [3.8, 4) is 0 Å². The van der Waals surface area contributed by atoms with Crippen LogP contribution in [0.2, 0.25) is 0 Å². The lowest BCUT2D eigenvalue weighted by Crippen LogP contribution is -2.38. The summed E-state index contributed by atoms with van der Waals surface area (Å²) in [5.74, 6) is 0.389. The molecule has 0 spiro atoms. The van der Waals surface area contributed by atoms with Crippen LogP contribution in [0.3, 0.4) is 0 Å². The van der Waals surface area contributed by atoms with Crippen molar-refractivity contribution in [3.05, 3.63) is 52.0 Å². The zero-order valence-corrected chi connectivity index (χ0v) is 19.6. The molecule has 3 N–H and O–H groups in total. The number of nitrogens with one attached hydrogen (secondary N) is 2. The van der Waals surface area contributed by atoms with Gasteiger partial charge in [0.1, 0.15) is 17.2 Å². The number of likely N-dealkylation sites (N-methyl/N-ethyl adjacent to an activating group) is 2. The van der Waals surface area contributed by atoms with Gasteiger partial charge in [-0.3, -0.25) is 4.79 Å². The number of amides is 1. The molecule has 1 aromatic heterocycles. The molecule has 158 valence electrons. The van der Waals surface area contributed by atoms with Crippen molar-refractivity contribution < 1.29 is 9.35 Å². The van der Waals surface area contributed by atoms with Crippen LogP contribution in [0, 0.1) is 5.92 Å². The fraction of sp³-hybridized carbons (Fsp3) is 0.400. The number of hydrogen-bond acceptors (Lipinski definition) is 8. The average Bonchev–Trinajstić information content (AvgIpc) is 3.17. The summed E-state index contributed by atoms with van der Waals surface area (Å²) in [4.78, 5) is 19.9. The topological polar surface area (TPSA) is 77.5 Å². The highest BCUT2D eigenvalue weighted by molar-refractivity contribution is 7.95.